The van der Waals surface area contributed by atoms with Crippen LogP contribution in [0.4, 0.5) is 5.69 Å². The first-order valence-corrected chi connectivity index (χ1v) is 14.1. The van der Waals surface area contributed by atoms with E-state index in [2.05, 4.69) is 21.2 Å². The minimum atomic E-state index is -0.536. The Kier molecular flexibility index (Phi) is 10.4. The number of rotatable bonds is 11. The highest BCUT2D eigenvalue weighted by Crippen LogP contribution is 2.38. The molecule has 0 fully saturated rings. The van der Waals surface area contributed by atoms with Gasteiger partial charge in [-0.05, 0) is 89.4 Å². The molecule has 0 radical (unpaired) electrons. The second-order valence-corrected chi connectivity index (χ2v) is 10.3. The minimum absolute atomic E-state index is 0.0632. The van der Waals surface area contributed by atoms with Crippen LogP contribution in [0.1, 0.15) is 29.2 Å². The van der Waals surface area contributed by atoms with Crippen LogP contribution in [0.15, 0.2) is 95.0 Å². The van der Waals surface area contributed by atoms with E-state index >= 15 is 0 Å². The second-order valence-electron chi connectivity index (χ2n) is 9.07. The Morgan fingerprint density at radius 3 is 2.39 bits per heavy atom. The molecule has 0 aliphatic carbocycles. The smallest absolute Gasteiger partial charge is 0.266 e. The Balaban J connectivity index is 1.44. The predicted octanol–water partition coefficient (Wildman–Crippen LogP) is 8.51. The van der Waals surface area contributed by atoms with E-state index in [9.17, 15) is 10.1 Å². The van der Waals surface area contributed by atoms with Gasteiger partial charge < -0.3 is 19.5 Å². The number of nitrogens with zero attached hydrogens (tertiary/aromatic N) is 1. The molecule has 4 aromatic carbocycles. The van der Waals surface area contributed by atoms with E-state index in [4.69, 9.17) is 25.8 Å². The van der Waals surface area contributed by atoms with E-state index in [0.717, 1.165) is 11.1 Å². The standard InChI is InChI=1S/C33H28BrClN2O4/c1-3-39-31-18-24(17-29(34)32(31)41-20-23-10-8-22(2)9-11-23)16-26(19-36)33(38)37-27-12-14-28(15-13-27)40-21-25-6-4-5-7-30(25)35/h4-18H,3,20-21H2,1-2H3,(H,37,38)/b26-16+. The lowest BCUT2D eigenvalue weighted by Gasteiger charge is -2.15. The fourth-order valence-corrected chi connectivity index (χ4v) is 4.60. The van der Waals surface area contributed by atoms with Crippen molar-refractivity contribution in [1.29, 1.82) is 5.26 Å². The summed E-state index contributed by atoms with van der Waals surface area (Å²) in [5.74, 6) is 1.14. The van der Waals surface area contributed by atoms with Gasteiger partial charge in [0.15, 0.2) is 11.5 Å². The molecule has 41 heavy (non-hydrogen) atoms. The van der Waals surface area contributed by atoms with Gasteiger partial charge >= 0.3 is 0 Å². The van der Waals surface area contributed by atoms with Crippen LogP contribution in [0.2, 0.25) is 5.02 Å². The van der Waals surface area contributed by atoms with Crippen LogP contribution in [-0.2, 0) is 18.0 Å². The molecule has 208 valence electrons. The molecule has 0 atom stereocenters. The largest absolute Gasteiger partial charge is 0.490 e. The highest BCUT2D eigenvalue weighted by Gasteiger charge is 2.15. The van der Waals surface area contributed by atoms with Crippen molar-refractivity contribution in [2.45, 2.75) is 27.1 Å². The number of carbonyl (C=O) groups excluding carboxylic acids is 1. The number of halogens is 2. The summed E-state index contributed by atoms with van der Waals surface area (Å²) < 4.78 is 18.3. The number of nitriles is 1. The van der Waals surface area contributed by atoms with Gasteiger partial charge in [0.25, 0.3) is 5.91 Å². The van der Waals surface area contributed by atoms with Gasteiger partial charge in [-0.1, -0.05) is 59.6 Å². The predicted molar refractivity (Wildman–Crippen MR) is 165 cm³/mol. The van der Waals surface area contributed by atoms with Gasteiger partial charge in [-0.25, -0.2) is 0 Å². The Labute approximate surface area is 253 Å². The van der Waals surface area contributed by atoms with Crippen LogP contribution in [0.25, 0.3) is 6.08 Å². The summed E-state index contributed by atoms with van der Waals surface area (Å²) in [5, 5.41) is 13.1. The zero-order valence-corrected chi connectivity index (χ0v) is 25.0. The number of hydrogen-bond acceptors (Lipinski definition) is 5. The number of nitrogens with one attached hydrogen (secondary N) is 1. The monoisotopic (exact) mass is 630 g/mol. The normalized spacial score (nSPS) is 11.0. The lowest BCUT2D eigenvalue weighted by atomic mass is 10.1. The van der Waals surface area contributed by atoms with E-state index in [1.165, 1.54) is 11.6 Å². The van der Waals surface area contributed by atoms with E-state index < -0.39 is 5.91 Å². The number of ether oxygens (including phenoxy) is 3. The van der Waals surface area contributed by atoms with Gasteiger partial charge in [0.05, 0.1) is 11.1 Å². The molecule has 6 nitrogen and oxygen atoms in total. The fraction of sp³-hybridized carbons (Fsp3) is 0.152. The summed E-state index contributed by atoms with van der Waals surface area (Å²) in [6.45, 7) is 5.02. The van der Waals surface area contributed by atoms with E-state index in [-0.39, 0.29) is 5.57 Å². The fourth-order valence-electron chi connectivity index (χ4n) is 3.84. The molecule has 0 unspecified atom stereocenters. The van der Waals surface area contributed by atoms with Crippen LogP contribution in [-0.4, -0.2) is 12.5 Å². The maximum atomic E-state index is 12.9. The molecule has 0 heterocycles. The molecule has 4 rings (SSSR count). The third-order valence-electron chi connectivity index (χ3n) is 5.98. The van der Waals surface area contributed by atoms with Crippen molar-refractivity contribution in [2.24, 2.45) is 0 Å². The van der Waals surface area contributed by atoms with Gasteiger partial charge in [-0.3, -0.25) is 4.79 Å². The Hall–Kier alpha value is -4.25. The number of benzene rings is 4. The molecule has 0 aliphatic heterocycles. The molecule has 0 saturated heterocycles. The molecule has 0 spiro atoms. The van der Waals surface area contributed by atoms with Crippen molar-refractivity contribution < 1.29 is 19.0 Å². The molecule has 1 amide bonds. The lowest BCUT2D eigenvalue weighted by molar-refractivity contribution is -0.112. The zero-order chi connectivity index (χ0) is 29.2. The lowest BCUT2D eigenvalue weighted by Crippen LogP contribution is -2.13. The van der Waals surface area contributed by atoms with Gasteiger partial charge in [0.1, 0.15) is 30.6 Å². The van der Waals surface area contributed by atoms with Crippen LogP contribution in [0, 0.1) is 18.3 Å². The second kappa shape index (κ2) is 14.4. The topological polar surface area (TPSA) is 80.6 Å². The highest BCUT2D eigenvalue weighted by molar-refractivity contribution is 9.10. The highest BCUT2D eigenvalue weighted by atomic mass is 79.9. The molecule has 0 aromatic heterocycles. The molecule has 8 heteroatoms. The van der Waals surface area contributed by atoms with Crippen molar-refractivity contribution >= 4 is 45.2 Å². The number of carbonyl (C=O) groups is 1. The molecule has 1 N–H and O–H groups in total. The molecule has 0 bridgehead atoms. The molecule has 0 saturated carbocycles. The van der Waals surface area contributed by atoms with Crippen LogP contribution >= 0.6 is 27.5 Å². The van der Waals surface area contributed by atoms with Crippen molar-refractivity contribution in [2.75, 3.05) is 11.9 Å². The number of anilines is 1. The maximum absolute atomic E-state index is 12.9. The van der Waals surface area contributed by atoms with Crippen LogP contribution in [0.3, 0.4) is 0 Å². The van der Waals surface area contributed by atoms with Crippen LogP contribution < -0.4 is 19.5 Å². The van der Waals surface area contributed by atoms with Crippen molar-refractivity contribution in [1.82, 2.24) is 0 Å². The first-order valence-electron chi connectivity index (χ1n) is 12.9. The summed E-state index contributed by atoms with van der Waals surface area (Å²) in [4.78, 5) is 12.9. The van der Waals surface area contributed by atoms with E-state index in [0.29, 0.717) is 57.8 Å². The quantitative estimate of drug-likeness (QED) is 0.133. The third kappa shape index (κ3) is 8.37. The first kappa shape index (κ1) is 29.7. The van der Waals surface area contributed by atoms with Crippen molar-refractivity contribution in [3.05, 3.63) is 122 Å². The summed E-state index contributed by atoms with van der Waals surface area (Å²) in [7, 11) is 0. The minimum Gasteiger partial charge on any atom is -0.490 e. The Morgan fingerprint density at radius 1 is 0.976 bits per heavy atom. The summed E-state index contributed by atoms with van der Waals surface area (Å²) >= 11 is 9.74. The average molecular weight is 632 g/mol. The molecular formula is C33H28BrClN2O4. The van der Waals surface area contributed by atoms with Crippen molar-refractivity contribution in [3.63, 3.8) is 0 Å². The number of amides is 1. The SMILES string of the molecule is CCOc1cc(/C=C(\C#N)C(=O)Nc2ccc(OCc3ccccc3Cl)cc2)cc(Br)c1OCc1ccc(C)cc1. The van der Waals surface area contributed by atoms with Gasteiger partial charge in [-0.2, -0.15) is 5.26 Å². The van der Waals surface area contributed by atoms with E-state index in [1.54, 1.807) is 36.4 Å². The van der Waals surface area contributed by atoms with Gasteiger partial charge in [0.2, 0.25) is 0 Å². The Bertz CT molecular complexity index is 1580. The molecule has 4 aromatic rings. The van der Waals surface area contributed by atoms with E-state index in [1.807, 2.05) is 68.4 Å². The Morgan fingerprint density at radius 2 is 1.71 bits per heavy atom. The zero-order valence-electron chi connectivity index (χ0n) is 22.6. The molecular weight excluding hydrogens is 604 g/mol. The first-order chi connectivity index (χ1) is 19.9. The summed E-state index contributed by atoms with van der Waals surface area (Å²) in [6, 6.07) is 28.0. The average Bonchev–Trinajstić information content (AvgIpc) is 2.97. The molecule has 0 aliphatic rings. The number of hydrogen-bond donors (Lipinski definition) is 1. The van der Waals surface area contributed by atoms with Crippen molar-refractivity contribution in [3.8, 4) is 23.3 Å². The van der Waals surface area contributed by atoms with Crippen LogP contribution in [0.5, 0.6) is 17.2 Å². The van der Waals surface area contributed by atoms with Gasteiger partial charge in [-0.15, -0.1) is 0 Å². The summed E-state index contributed by atoms with van der Waals surface area (Å²) in [5.41, 5.74) is 4.15. The maximum Gasteiger partial charge on any atom is 0.266 e. The third-order valence-corrected chi connectivity index (χ3v) is 6.93. The van der Waals surface area contributed by atoms with Gasteiger partial charge in [0, 0.05) is 16.3 Å². The number of aryl methyl sites for hydroxylation is 1. The summed E-state index contributed by atoms with van der Waals surface area (Å²) in [6.07, 6.45) is 1.51.